The number of rotatable bonds is 4. The lowest BCUT2D eigenvalue weighted by molar-refractivity contribution is -0.122. The second kappa shape index (κ2) is 6.49. The molecule has 1 unspecified atom stereocenters. The number of carbonyl (C=O) groups is 1. The molecule has 1 aliphatic rings. The summed E-state index contributed by atoms with van der Waals surface area (Å²) in [5, 5.41) is 8.19. The Morgan fingerprint density at radius 1 is 1.71 bits per heavy atom. The van der Waals surface area contributed by atoms with Gasteiger partial charge in [0, 0.05) is 33.7 Å². The van der Waals surface area contributed by atoms with Gasteiger partial charge in [-0.05, 0) is 22.0 Å². The monoisotopic (exact) mass is 318 g/mol. The summed E-state index contributed by atoms with van der Waals surface area (Å²) in [5.74, 6) is 0.0672. The van der Waals surface area contributed by atoms with Gasteiger partial charge >= 0.3 is 0 Å². The molecule has 0 aromatic carbocycles. The fourth-order valence-electron chi connectivity index (χ4n) is 1.68. The fraction of sp³-hybridized carbons (Fsp3) is 0.545. The van der Waals surface area contributed by atoms with Crippen LogP contribution in [0.3, 0.4) is 0 Å². The number of morpholine rings is 1. The van der Waals surface area contributed by atoms with E-state index in [9.17, 15) is 4.79 Å². The van der Waals surface area contributed by atoms with Crippen LogP contribution in [0.4, 0.5) is 0 Å². The van der Waals surface area contributed by atoms with Gasteiger partial charge in [-0.25, -0.2) is 0 Å². The van der Waals surface area contributed by atoms with E-state index in [0.717, 1.165) is 22.5 Å². The molecule has 1 atom stereocenters. The highest BCUT2D eigenvalue weighted by Gasteiger charge is 2.16. The molecular weight excluding hydrogens is 304 g/mol. The predicted molar refractivity (Wildman–Crippen MR) is 71.1 cm³/mol. The van der Waals surface area contributed by atoms with Gasteiger partial charge in [-0.2, -0.15) is 0 Å². The van der Waals surface area contributed by atoms with Crippen molar-refractivity contribution in [2.45, 2.75) is 19.0 Å². The number of amides is 1. The van der Waals surface area contributed by atoms with Crippen LogP contribution in [-0.2, 0) is 16.1 Å². The molecule has 1 aromatic rings. The zero-order valence-corrected chi connectivity index (χ0v) is 11.8. The van der Waals surface area contributed by atoms with Crippen molar-refractivity contribution in [2.75, 3.05) is 19.8 Å². The summed E-state index contributed by atoms with van der Waals surface area (Å²) in [6.45, 7) is 2.79. The van der Waals surface area contributed by atoms with Gasteiger partial charge < -0.3 is 15.4 Å². The molecule has 17 heavy (non-hydrogen) atoms. The molecule has 2 N–H and O–H groups in total. The third-order valence-corrected chi connectivity index (χ3v) is 4.21. The minimum atomic E-state index is 0.0672. The van der Waals surface area contributed by atoms with E-state index in [0.29, 0.717) is 19.6 Å². The molecule has 2 heterocycles. The summed E-state index contributed by atoms with van der Waals surface area (Å²) in [6, 6.07) is 2.17. The summed E-state index contributed by atoms with van der Waals surface area (Å²) >= 11 is 5.03. The highest BCUT2D eigenvalue weighted by atomic mass is 79.9. The van der Waals surface area contributed by atoms with Crippen molar-refractivity contribution in [2.24, 2.45) is 0 Å². The fourth-order valence-corrected chi connectivity index (χ4v) is 3.07. The molecule has 0 saturated carbocycles. The molecule has 0 radical (unpaired) electrons. The van der Waals surface area contributed by atoms with Gasteiger partial charge in [0.15, 0.2) is 0 Å². The maximum Gasteiger partial charge on any atom is 0.221 e. The van der Waals surface area contributed by atoms with Crippen LogP contribution in [0.2, 0.25) is 0 Å². The molecule has 4 nitrogen and oxygen atoms in total. The summed E-state index contributed by atoms with van der Waals surface area (Å²) in [4.78, 5) is 12.8. The highest BCUT2D eigenvalue weighted by molar-refractivity contribution is 9.10. The molecule has 94 valence electrons. The van der Waals surface area contributed by atoms with Crippen molar-refractivity contribution in [3.05, 3.63) is 20.8 Å². The van der Waals surface area contributed by atoms with Crippen LogP contribution < -0.4 is 10.6 Å². The van der Waals surface area contributed by atoms with E-state index in [1.54, 1.807) is 11.3 Å². The summed E-state index contributed by atoms with van der Waals surface area (Å²) in [6.07, 6.45) is 0.479. The first-order valence-corrected chi connectivity index (χ1v) is 7.22. The van der Waals surface area contributed by atoms with Gasteiger partial charge in [0.1, 0.15) is 0 Å². The Labute approximate surface area is 113 Å². The number of hydrogen-bond donors (Lipinski definition) is 2. The maximum absolute atomic E-state index is 11.7. The molecule has 1 aliphatic heterocycles. The van der Waals surface area contributed by atoms with E-state index in [-0.39, 0.29) is 11.9 Å². The van der Waals surface area contributed by atoms with Crippen molar-refractivity contribution in [3.63, 3.8) is 0 Å². The number of ether oxygens (including phenoxy) is 1. The van der Waals surface area contributed by atoms with Crippen molar-refractivity contribution in [3.8, 4) is 0 Å². The zero-order chi connectivity index (χ0) is 12.1. The van der Waals surface area contributed by atoms with Crippen LogP contribution in [0.25, 0.3) is 0 Å². The molecule has 1 aromatic heterocycles. The van der Waals surface area contributed by atoms with Crippen molar-refractivity contribution in [1.82, 2.24) is 10.6 Å². The van der Waals surface area contributed by atoms with E-state index in [4.69, 9.17) is 4.74 Å². The maximum atomic E-state index is 11.7. The van der Waals surface area contributed by atoms with Crippen molar-refractivity contribution < 1.29 is 9.53 Å². The van der Waals surface area contributed by atoms with Gasteiger partial charge in [-0.15, -0.1) is 11.3 Å². The number of thiophene rings is 1. The number of halogens is 1. The smallest absolute Gasteiger partial charge is 0.221 e. The topological polar surface area (TPSA) is 50.4 Å². The number of carbonyl (C=O) groups excluding carboxylic acids is 1. The van der Waals surface area contributed by atoms with Gasteiger partial charge in [0.25, 0.3) is 0 Å². The standard InChI is InChI=1S/C11H15BrN2O2S/c12-8-3-10(17-7-8)5-14-11(15)4-9-6-16-2-1-13-9/h3,7,9,13H,1-2,4-6H2,(H,14,15). The lowest BCUT2D eigenvalue weighted by atomic mass is 10.2. The van der Waals surface area contributed by atoms with Crippen LogP contribution >= 0.6 is 27.3 Å². The average molecular weight is 319 g/mol. The van der Waals surface area contributed by atoms with Crippen molar-refractivity contribution >= 4 is 33.2 Å². The second-order valence-electron chi connectivity index (χ2n) is 3.94. The van der Waals surface area contributed by atoms with Gasteiger partial charge in [0.05, 0.1) is 19.8 Å². The van der Waals surface area contributed by atoms with Crippen LogP contribution in [-0.4, -0.2) is 31.7 Å². The molecule has 1 fully saturated rings. The summed E-state index contributed by atoms with van der Waals surface area (Å²) in [5.41, 5.74) is 0. The van der Waals surface area contributed by atoms with Gasteiger partial charge in [-0.3, -0.25) is 4.79 Å². The Hall–Kier alpha value is -0.430. The Bertz CT molecular complexity index is 377. The van der Waals surface area contributed by atoms with E-state index in [1.807, 2.05) is 11.4 Å². The number of hydrogen-bond acceptors (Lipinski definition) is 4. The molecule has 0 spiro atoms. The third kappa shape index (κ3) is 4.39. The third-order valence-electron chi connectivity index (χ3n) is 2.51. The summed E-state index contributed by atoms with van der Waals surface area (Å²) < 4.78 is 6.37. The molecule has 1 saturated heterocycles. The van der Waals surface area contributed by atoms with Crippen LogP contribution in [0.1, 0.15) is 11.3 Å². The largest absolute Gasteiger partial charge is 0.378 e. The van der Waals surface area contributed by atoms with Crippen LogP contribution in [0, 0.1) is 0 Å². The lowest BCUT2D eigenvalue weighted by Gasteiger charge is -2.23. The Morgan fingerprint density at radius 3 is 3.24 bits per heavy atom. The Morgan fingerprint density at radius 2 is 2.59 bits per heavy atom. The van der Waals surface area contributed by atoms with Crippen LogP contribution in [0.5, 0.6) is 0 Å². The van der Waals surface area contributed by atoms with Crippen molar-refractivity contribution in [1.29, 1.82) is 0 Å². The van der Waals surface area contributed by atoms with E-state index in [2.05, 4.69) is 26.6 Å². The molecule has 0 aliphatic carbocycles. The Kier molecular flexibility index (Phi) is 4.97. The van der Waals surface area contributed by atoms with Gasteiger partial charge in [-0.1, -0.05) is 0 Å². The first-order valence-electron chi connectivity index (χ1n) is 5.55. The van der Waals surface area contributed by atoms with Gasteiger partial charge in [0.2, 0.25) is 5.91 Å². The first kappa shape index (κ1) is 13.0. The second-order valence-corrected chi connectivity index (χ2v) is 5.85. The van der Waals surface area contributed by atoms with E-state index < -0.39 is 0 Å². The van der Waals surface area contributed by atoms with E-state index >= 15 is 0 Å². The van der Waals surface area contributed by atoms with Crippen LogP contribution in [0.15, 0.2) is 15.9 Å². The predicted octanol–water partition coefficient (Wildman–Crippen LogP) is 1.51. The lowest BCUT2D eigenvalue weighted by Crippen LogP contribution is -2.44. The zero-order valence-electron chi connectivity index (χ0n) is 9.37. The summed E-state index contributed by atoms with van der Waals surface area (Å²) in [7, 11) is 0. The quantitative estimate of drug-likeness (QED) is 0.884. The van der Waals surface area contributed by atoms with E-state index in [1.165, 1.54) is 0 Å². The molecule has 0 bridgehead atoms. The molecule has 1 amide bonds. The highest BCUT2D eigenvalue weighted by Crippen LogP contribution is 2.19. The number of nitrogens with one attached hydrogen (secondary N) is 2. The molecular formula is C11H15BrN2O2S. The molecule has 6 heteroatoms. The normalized spacial score (nSPS) is 20.2. The molecule has 2 rings (SSSR count). The minimum Gasteiger partial charge on any atom is -0.378 e. The average Bonchev–Trinajstić information content (AvgIpc) is 2.74. The minimum absolute atomic E-state index is 0.0672. The SMILES string of the molecule is O=C(CC1COCCN1)NCc1cc(Br)cs1. The first-order chi connectivity index (χ1) is 8.24. The Balaban J connectivity index is 1.70.